The number of nitrogens with zero attached hydrogens (tertiary/aromatic N) is 2. The molecule has 4 N–H and O–H groups in total. The zero-order valence-corrected chi connectivity index (χ0v) is 24.4. The van der Waals surface area contributed by atoms with Gasteiger partial charge in [0.05, 0.1) is 22.1 Å². The van der Waals surface area contributed by atoms with Crippen LogP contribution in [0.5, 0.6) is 11.5 Å². The normalized spacial score (nSPS) is 17.5. The second-order valence-corrected chi connectivity index (χ2v) is 11.3. The number of amides is 1. The Hall–Kier alpha value is -3.95. The molecule has 2 aromatic carbocycles. The van der Waals surface area contributed by atoms with E-state index in [0.717, 1.165) is 44.9 Å². The third-order valence-corrected chi connectivity index (χ3v) is 7.90. The van der Waals surface area contributed by atoms with Crippen molar-refractivity contribution >= 4 is 40.1 Å². The van der Waals surface area contributed by atoms with E-state index in [-0.39, 0.29) is 34.9 Å². The number of nitrogens with one attached hydrogen (secondary N) is 3. The van der Waals surface area contributed by atoms with Gasteiger partial charge in [-0.15, -0.1) is 0 Å². The van der Waals surface area contributed by atoms with Crippen molar-refractivity contribution in [3.05, 3.63) is 77.2 Å². The Morgan fingerprint density at radius 2 is 1.79 bits per heavy atom. The first-order valence-electron chi connectivity index (χ1n) is 14.5. The number of aliphatic hydroxyl groups excluding tert-OH is 1. The predicted molar refractivity (Wildman–Crippen MR) is 163 cm³/mol. The number of unbranched alkanes of at least 4 members (excludes halogenated alkanes) is 1. The number of hydrogen-bond acceptors (Lipinski definition) is 7. The molecule has 0 saturated heterocycles. The Morgan fingerprint density at radius 1 is 1.02 bits per heavy atom. The zero-order chi connectivity index (χ0) is 29.5. The van der Waals surface area contributed by atoms with Gasteiger partial charge in [0.2, 0.25) is 5.91 Å². The van der Waals surface area contributed by atoms with E-state index in [2.05, 4.69) is 25.6 Å². The van der Waals surface area contributed by atoms with E-state index in [9.17, 15) is 14.7 Å². The van der Waals surface area contributed by atoms with E-state index in [0.29, 0.717) is 45.9 Å². The first-order chi connectivity index (χ1) is 20.4. The van der Waals surface area contributed by atoms with Gasteiger partial charge in [-0.1, -0.05) is 36.2 Å². The highest BCUT2D eigenvalue weighted by Crippen LogP contribution is 2.32. The van der Waals surface area contributed by atoms with Gasteiger partial charge in [0.15, 0.2) is 5.78 Å². The number of para-hydroxylation sites is 1. The van der Waals surface area contributed by atoms with Crippen LogP contribution in [0.3, 0.4) is 0 Å². The van der Waals surface area contributed by atoms with Crippen LogP contribution < -0.4 is 15.4 Å². The smallest absolute Gasteiger partial charge is 0.220 e. The summed E-state index contributed by atoms with van der Waals surface area (Å²) < 4.78 is 5.85. The maximum Gasteiger partial charge on any atom is 0.220 e. The molecule has 2 heterocycles. The lowest BCUT2D eigenvalue weighted by molar-refractivity contribution is -0.122. The number of aromatic amines is 1. The summed E-state index contributed by atoms with van der Waals surface area (Å²) in [6, 6.07) is 14.7. The van der Waals surface area contributed by atoms with Gasteiger partial charge in [0.25, 0.3) is 0 Å². The van der Waals surface area contributed by atoms with E-state index in [1.165, 1.54) is 6.33 Å². The lowest BCUT2D eigenvalue weighted by atomic mass is 9.91. The molecule has 42 heavy (non-hydrogen) atoms. The molecule has 9 nitrogen and oxygen atoms in total. The van der Waals surface area contributed by atoms with Gasteiger partial charge in [0, 0.05) is 36.3 Å². The molecule has 220 valence electrons. The molecule has 2 aromatic heterocycles. The minimum absolute atomic E-state index is 0.0725. The monoisotopic (exact) mass is 589 g/mol. The fourth-order valence-corrected chi connectivity index (χ4v) is 5.62. The highest BCUT2D eigenvalue weighted by Gasteiger charge is 2.25. The molecular formula is C32H36ClN5O4. The maximum absolute atomic E-state index is 13.6. The largest absolute Gasteiger partial charge is 0.457 e. The van der Waals surface area contributed by atoms with Gasteiger partial charge >= 0.3 is 0 Å². The fraction of sp³-hybridized carbons (Fsp3) is 0.375. The molecule has 1 aliphatic carbocycles. The Bertz CT molecular complexity index is 1520. The molecule has 1 unspecified atom stereocenters. The van der Waals surface area contributed by atoms with Gasteiger partial charge in [0.1, 0.15) is 29.3 Å². The van der Waals surface area contributed by atoms with E-state index in [1.807, 2.05) is 30.3 Å². The SMILES string of the molecule is CC(O)CCCCC(=O)NC1CCC(Nc2ncnc3[nH]cc(C(=O)c4ccc(Oc5ccccc5)cc4Cl)c23)CC1. The third-order valence-electron chi connectivity index (χ3n) is 7.59. The molecule has 5 rings (SSSR count). The van der Waals surface area contributed by atoms with Crippen molar-refractivity contribution in [2.75, 3.05) is 5.32 Å². The minimum Gasteiger partial charge on any atom is -0.457 e. The summed E-state index contributed by atoms with van der Waals surface area (Å²) >= 11 is 6.55. The van der Waals surface area contributed by atoms with Crippen LogP contribution in [-0.4, -0.2) is 49.9 Å². The number of carbonyl (C=O) groups excluding carboxylic acids is 2. The van der Waals surface area contributed by atoms with Crippen molar-refractivity contribution in [3.8, 4) is 11.5 Å². The molecule has 1 atom stereocenters. The third kappa shape index (κ3) is 7.46. The molecule has 0 aliphatic heterocycles. The second-order valence-electron chi connectivity index (χ2n) is 10.9. The van der Waals surface area contributed by atoms with Gasteiger partial charge in [-0.05, 0) is 69.7 Å². The number of ether oxygens (including phenoxy) is 1. The second kappa shape index (κ2) is 13.8. The Labute approximate surface area is 250 Å². The van der Waals surface area contributed by atoms with E-state index in [1.54, 1.807) is 31.3 Å². The molecule has 1 aliphatic rings. The number of anilines is 1. The lowest BCUT2D eigenvalue weighted by Crippen LogP contribution is -2.40. The van der Waals surface area contributed by atoms with Crippen LogP contribution in [0.2, 0.25) is 5.02 Å². The summed E-state index contributed by atoms with van der Waals surface area (Å²) in [6.45, 7) is 1.77. The maximum atomic E-state index is 13.6. The number of ketones is 1. The first-order valence-corrected chi connectivity index (χ1v) is 14.9. The average Bonchev–Trinajstić information content (AvgIpc) is 3.42. The summed E-state index contributed by atoms with van der Waals surface area (Å²) in [7, 11) is 0. The highest BCUT2D eigenvalue weighted by molar-refractivity contribution is 6.35. The summed E-state index contributed by atoms with van der Waals surface area (Å²) in [5.74, 6) is 1.64. The van der Waals surface area contributed by atoms with Crippen molar-refractivity contribution in [1.29, 1.82) is 0 Å². The number of carbonyl (C=O) groups is 2. The van der Waals surface area contributed by atoms with Gasteiger partial charge in [-0.3, -0.25) is 9.59 Å². The number of aliphatic hydroxyl groups is 1. The fourth-order valence-electron chi connectivity index (χ4n) is 5.37. The van der Waals surface area contributed by atoms with E-state index in [4.69, 9.17) is 16.3 Å². The first kappa shape index (κ1) is 29.5. The molecular weight excluding hydrogens is 554 g/mol. The molecule has 4 aromatic rings. The number of fused-ring (bicyclic) bond motifs is 1. The summed E-state index contributed by atoms with van der Waals surface area (Å²) in [4.78, 5) is 37.9. The molecule has 0 bridgehead atoms. The van der Waals surface area contributed by atoms with Crippen LogP contribution in [0.1, 0.15) is 74.2 Å². The number of rotatable bonds is 12. The number of H-pyrrole nitrogens is 1. The van der Waals surface area contributed by atoms with E-state index >= 15 is 0 Å². The predicted octanol–water partition coefficient (Wildman–Crippen LogP) is 6.42. The van der Waals surface area contributed by atoms with Crippen LogP contribution in [0.15, 0.2) is 61.1 Å². The zero-order valence-electron chi connectivity index (χ0n) is 23.6. The van der Waals surface area contributed by atoms with Crippen LogP contribution in [0.4, 0.5) is 5.82 Å². The number of aromatic nitrogens is 3. The average molecular weight is 590 g/mol. The topological polar surface area (TPSA) is 129 Å². The quantitative estimate of drug-likeness (QED) is 0.111. The number of hydrogen-bond donors (Lipinski definition) is 4. The molecule has 0 spiro atoms. The molecule has 10 heteroatoms. The number of benzene rings is 2. The van der Waals surface area contributed by atoms with Crippen LogP contribution >= 0.6 is 11.6 Å². The van der Waals surface area contributed by atoms with Crippen molar-refractivity contribution in [2.24, 2.45) is 0 Å². The lowest BCUT2D eigenvalue weighted by Gasteiger charge is -2.30. The van der Waals surface area contributed by atoms with Crippen molar-refractivity contribution in [2.45, 2.75) is 76.5 Å². The van der Waals surface area contributed by atoms with E-state index < -0.39 is 0 Å². The Kier molecular flexibility index (Phi) is 9.71. The van der Waals surface area contributed by atoms with Crippen molar-refractivity contribution < 1.29 is 19.4 Å². The van der Waals surface area contributed by atoms with Crippen LogP contribution in [-0.2, 0) is 4.79 Å². The molecule has 1 fully saturated rings. The molecule has 1 saturated carbocycles. The van der Waals surface area contributed by atoms with Crippen LogP contribution in [0, 0.1) is 0 Å². The van der Waals surface area contributed by atoms with Gasteiger partial charge < -0.3 is 25.5 Å². The number of halogens is 1. The molecule has 1 amide bonds. The Morgan fingerprint density at radius 3 is 2.52 bits per heavy atom. The van der Waals surface area contributed by atoms with Crippen LogP contribution in [0.25, 0.3) is 11.0 Å². The van der Waals surface area contributed by atoms with Crippen molar-refractivity contribution in [1.82, 2.24) is 20.3 Å². The Balaban J connectivity index is 1.22. The molecule has 0 radical (unpaired) electrons. The van der Waals surface area contributed by atoms with Gasteiger partial charge in [-0.2, -0.15) is 0 Å². The summed E-state index contributed by atoms with van der Waals surface area (Å²) in [5, 5.41) is 17.0. The standard InChI is InChI=1S/C32H36ClN5O4/c1-20(39)7-5-6-10-28(40)37-21-11-13-22(14-12-21)38-32-29-26(18-34-31(29)35-19-36-32)30(41)25-16-15-24(17-27(25)33)42-23-8-3-2-4-9-23/h2-4,8-9,15-22,39H,5-7,10-14H2,1H3,(H,37,40)(H2,34,35,36,38). The van der Waals surface area contributed by atoms with Gasteiger partial charge in [-0.25, -0.2) is 9.97 Å². The van der Waals surface area contributed by atoms with Crippen molar-refractivity contribution in [3.63, 3.8) is 0 Å². The minimum atomic E-state index is -0.322. The summed E-state index contributed by atoms with van der Waals surface area (Å²) in [5.41, 5.74) is 1.35. The highest BCUT2D eigenvalue weighted by atomic mass is 35.5. The summed E-state index contributed by atoms with van der Waals surface area (Å²) in [6.07, 6.45) is 9.07.